The van der Waals surface area contributed by atoms with Gasteiger partial charge in [0.1, 0.15) is 0 Å². The number of hydrogen-bond donors (Lipinski definition) is 2. The molecule has 1 aromatic rings. The largest absolute Gasteiger partial charge is 0.478 e. The van der Waals surface area contributed by atoms with Crippen molar-refractivity contribution in [2.45, 2.75) is 202 Å². The molecule has 0 unspecified atom stereocenters. The lowest BCUT2D eigenvalue weighted by molar-refractivity contribution is -0.139. The number of benzene rings is 1. The number of rotatable bonds is 33. The highest BCUT2D eigenvalue weighted by atomic mass is 35.5. The average molecular weight is 805 g/mol. The van der Waals surface area contributed by atoms with Crippen LogP contribution in [0.1, 0.15) is 207 Å². The Bertz CT molecular complexity index is 1020. The number of carbonyl (C=O) groups is 2. The third kappa shape index (κ3) is 58.1. The molecule has 0 aliphatic heterocycles. The molecule has 0 aromatic heterocycles. The minimum atomic E-state index is -0.981. The van der Waals surface area contributed by atoms with Crippen LogP contribution in [0.4, 0.5) is 0 Å². The topological polar surface area (TPSA) is 75.6 Å². The Morgan fingerprint density at radius 3 is 1.29 bits per heavy atom. The highest BCUT2D eigenvalue weighted by Crippen LogP contribution is 2.14. The van der Waals surface area contributed by atoms with Gasteiger partial charge >= 0.3 is 11.9 Å². The van der Waals surface area contributed by atoms with Gasteiger partial charge in [-0.25, -0.2) is 9.59 Å². The third-order valence-corrected chi connectivity index (χ3v) is 9.15. The normalized spacial score (nSPS) is 9.80. The van der Waals surface area contributed by atoms with Gasteiger partial charge in [0, 0.05) is 18.2 Å². The second-order valence-electron chi connectivity index (χ2n) is 15.0. The van der Waals surface area contributed by atoms with Crippen LogP contribution in [0.3, 0.4) is 0 Å². The summed E-state index contributed by atoms with van der Waals surface area (Å²) in [4.78, 5) is 20.3. The standard InChI is InChI=1S/C23H47N.C16H30O2.C8H8.C3H4O2.ClH/c1-4-5-6-7-8-9-10-11-12-13-14-15-16-17-18-19-21-24-22-20-23(2)3;1-4-5-6-7-8-9-10-11-12-13-14-18-16(17)15(2)3;1-2-8-6-4-3-5-7-8;1-2-3(4)5;/h20,24H,4-19,21-22H2,1-3H3;2,4-14H2,1,3H3;2-7H,1H2;2H,1H2,(H,4,5);1H. The molecule has 1 rings (SSSR count). The van der Waals surface area contributed by atoms with Gasteiger partial charge < -0.3 is 15.2 Å². The van der Waals surface area contributed by atoms with Crippen LogP contribution in [0, 0.1) is 0 Å². The van der Waals surface area contributed by atoms with E-state index in [0.717, 1.165) is 19.0 Å². The molecule has 326 valence electrons. The Morgan fingerprint density at radius 2 is 0.982 bits per heavy atom. The van der Waals surface area contributed by atoms with Gasteiger partial charge in [0.05, 0.1) is 6.61 Å². The van der Waals surface area contributed by atoms with E-state index in [4.69, 9.17) is 9.84 Å². The average Bonchev–Trinajstić information content (AvgIpc) is 3.18. The van der Waals surface area contributed by atoms with Crippen molar-refractivity contribution >= 4 is 30.4 Å². The van der Waals surface area contributed by atoms with Crippen molar-refractivity contribution in [2.24, 2.45) is 0 Å². The number of carboxylic acids is 1. The van der Waals surface area contributed by atoms with Gasteiger partial charge in [-0.2, -0.15) is 0 Å². The van der Waals surface area contributed by atoms with E-state index in [-0.39, 0.29) is 18.4 Å². The summed E-state index contributed by atoms with van der Waals surface area (Å²) < 4.78 is 5.04. The van der Waals surface area contributed by atoms with Crippen molar-refractivity contribution in [3.05, 3.63) is 78.9 Å². The maximum atomic E-state index is 11.1. The number of esters is 1. The molecular weight excluding hydrogens is 714 g/mol. The SMILES string of the molecule is C=C(C)C(=O)OCCCCCCCCCCCC.C=CC(=O)O.C=Cc1ccccc1.CCCCCCCCCCCCCCCCCCNCC=C(C)C.Cl. The van der Waals surface area contributed by atoms with Crippen molar-refractivity contribution in [3.8, 4) is 0 Å². The summed E-state index contributed by atoms with van der Waals surface area (Å²) >= 11 is 0. The summed E-state index contributed by atoms with van der Waals surface area (Å²) in [6.07, 6.45) is 41.0. The zero-order chi connectivity index (χ0) is 41.5. The first-order valence-corrected chi connectivity index (χ1v) is 22.4. The van der Waals surface area contributed by atoms with Crippen molar-refractivity contribution in [2.75, 3.05) is 19.7 Å². The molecular formula is C50H90ClNO4. The van der Waals surface area contributed by atoms with Crippen molar-refractivity contribution < 1.29 is 19.4 Å². The fraction of sp³-hybridized carbons (Fsp3) is 0.680. The van der Waals surface area contributed by atoms with Crippen LogP contribution in [0.5, 0.6) is 0 Å². The van der Waals surface area contributed by atoms with E-state index in [0.29, 0.717) is 12.2 Å². The molecule has 0 bridgehead atoms. The van der Waals surface area contributed by atoms with E-state index in [1.54, 1.807) is 6.92 Å². The van der Waals surface area contributed by atoms with Crippen LogP contribution >= 0.6 is 12.4 Å². The summed E-state index contributed by atoms with van der Waals surface area (Å²) in [6.45, 7) is 23.5. The number of carbonyl (C=O) groups excluding carboxylic acids is 1. The lowest BCUT2D eigenvalue weighted by Crippen LogP contribution is -2.15. The monoisotopic (exact) mass is 804 g/mol. The molecule has 0 saturated carbocycles. The first-order valence-electron chi connectivity index (χ1n) is 22.4. The van der Waals surface area contributed by atoms with Crippen LogP contribution in [0.25, 0.3) is 6.08 Å². The molecule has 56 heavy (non-hydrogen) atoms. The number of nitrogens with one attached hydrogen (secondary N) is 1. The van der Waals surface area contributed by atoms with Crippen LogP contribution in [-0.2, 0) is 14.3 Å². The molecule has 0 radical (unpaired) electrons. The van der Waals surface area contributed by atoms with Gasteiger partial charge in [0.2, 0.25) is 0 Å². The van der Waals surface area contributed by atoms with Crippen molar-refractivity contribution in [1.29, 1.82) is 0 Å². The molecule has 5 nitrogen and oxygen atoms in total. The van der Waals surface area contributed by atoms with E-state index in [1.807, 2.05) is 36.4 Å². The van der Waals surface area contributed by atoms with Gasteiger partial charge in [0.15, 0.2) is 0 Å². The molecule has 0 heterocycles. The Morgan fingerprint density at radius 1 is 0.625 bits per heavy atom. The molecule has 6 heteroatoms. The summed E-state index contributed by atoms with van der Waals surface area (Å²) in [6, 6.07) is 10.0. The molecule has 0 saturated heterocycles. The van der Waals surface area contributed by atoms with E-state index in [9.17, 15) is 9.59 Å². The number of carboxylic acid groups (broad SMARTS) is 1. The number of halogens is 1. The van der Waals surface area contributed by atoms with Gasteiger partial charge in [-0.3, -0.25) is 0 Å². The van der Waals surface area contributed by atoms with Gasteiger partial charge in [0.25, 0.3) is 0 Å². The molecule has 0 aliphatic carbocycles. The predicted octanol–water partition coefficient (Wildman–Crippen LogP) is 15.8. The predicted molar refractivity (Wildman–Crippen MR) is 251 cm³/mol. The van der Waals surface area contributed by atoms with Crippen molar-refractivity contribution in [3.63, 3.8) is 0 Å². The Kier molecular flexibility index (Phi) is 56.2. The van der Waals surface area contributed by atoms with Crippen LogP contribution in [-0.4, -0.2) is 36.7 Å². The number of ether oxygens (including phenoxy) is 1. The highest BCUT2D eigenvalue weighted by Gasteiger charge is 2.01. The maximum Gasteiger partial charge on any atom is 0.333 e. The Hall–Kier alpha value is -2.63. The van der Waals surface area contributed by atoms with E-state index < -0.39 is 5.97 Å². The molecule has 0 aliphatic rings. The number of aliphatic carboxylic acids is 1. The highest BCUT2D eigenvalue weighted by molar-refractivity contribution is 5.86. The zero-order valence-electron chi connectivity index (χ0n) is 37.3. The first-order chi connectivity index (χ1) is 26.7. The maximum absolute atomic E-state index is 11.1. The van der Waals surface area contributed by atoms with Gasteiger partial charge in [-0.15, -0.1) is 12.4 Å². The number of allylic oxidation sites excluding steroid dienone is 1. The molecule has 0 fully saturated rings. The summed E-state index contributed by atoms with van der Waals surface area (Å²) in [5.74, 6) is -1.24. The van der Waals surface area contributed by atoms with Crippen LogP contribution in [0.15, 0.2) is 73.4 Å². The van der Waals surface area contributed by atoms with Gasteiger partial charge in [-0.05, 0) is 45.7 Å². The summed E-state index contributed by atoms with van der Waals surface area (Å²) in [5, 5.41) is 11.1. The fourth-order valence-corrected chi connectivity index (χ4v) is 5.64. The van der Waals surface area contributed by atoms with Gasteiger partial charge in [-0.1, -0.05) is 236 Å². The molecule has 0 atom stereocenters. The smallest absolute Gasteiger partial charge is 0.333 e. The third-order valence-electron chi connectivity index (χ3n) is 9.15. The lowest BCUT2D eigenvalue weighted by Gasteiger charge is -2.04. The molecule has 0 spiro atoms. The van der Waals surface area contributed by atoms with Crippen LogP contribution in [0.2, 0.25) is 0 Å². The van der Waals surface area contributed by atoms with Crippen molar-refractivity contribution in [1.82, 2.24) is 5.32 Å². The second-order valence-corrected chi connectivity index (χ2v) is 15.0. The van der Waals surface area contributed by atoms with Crippen LogP contribution < -0.4 is 5.32 Å². The Balaban J connectivity index is -0.000000367. The lowest BCUT2D eigenvalue weighted by atomic mass is 10.0. The molecule has 0 amide bonds. The Labute approximate surface area is 354 Å². The zero-order valence-corrected chi connectivity index (χ0v) is 38.1. The summed E-state index contributed by atoms with van der Waals surface area (Å²) in [5.41, 5.74) is 3.07. The minimum absolute atomic E-state index is 0. The number of unbranched alkanes of at least 4 members (excludes halogenated alkanes) is 24. The molecule has 2 N–H and O–H groups in total. The quantitative estimate of drug-likeness (QED) is 0.0320. The summed E-state index contributed by atoms with van der Waals surface area (Å²) in [7, 11) is 0. The second kappa shape index (κ2) is 52.4. The number of hydrogen-bond acceptors (Lipinski definition) is 4. The molecule has 1 aromatic carbocycles. The minimum Gasteiger partial charge on any atom is -0.478 e. The van der Waals surface area contributed by atoms with E-state index >= 15 is 0 Å². The van der Waals surface area contributed by atoms with E-state index in [1.165, 1.54) is 178 Å². The fourth-order valence-electron chi connectivity index (χ4n) is 5.64. The first kappa shape index (κ1) is 60.1. The van der Waals surface area contributed by atoms with E-state index in [2.05, 4.69) is 58.8 Å².